The zero-order chi connectivity index (χ0) is 20.2. The number of hydrogen-bond donors (Lipinski definition) is 2. The maximum Gasteiger partial charge on any atom is 0.319 e. The van der Waals surface area contributed by atoms with Crippen LogP contribution in [0.15, 0.2) is 42.5 Å². The van der Waals surface area contributed by atoms with Crippen LogP contribution in [0.4, 0.5) is 16.2 Å². The lowest BCUT2D eigenvalue weighted by molar-refractivity contribution is -0.117. The lowest BCUT2D eigenvalue weighted by Crippen LogP contribution is -2.39. The van der Waals surface area contributed by atoms with Crippen LogP contribution in [-0.2, 0) is 4.79 Å². The number of nitrogens with one attached hydrogen (secondary N) is 2. The molecule has 1 saturated heterocycles. The molecule has 2 heterocycles. The Morgan fingerprint density at radius 2 is 1.97 bits per heavy atom. The summed E-state index contributed by atoms with van der Waals surface area (Å²) >= 11 is 0. The van der Waals surface area contributed by atoms with E-state index >= 15 is 0 Å². The van der Waals surface area contributed by atoms with Crippen molar-refractivity contribution in [2.75, 3.05) is 36.6 Å². The van der Waals surface area contributed by atoms with E-state index in [0.717, 1.165) is 5.69 Å². The van der Waals surface area contributed by atoms with Gasteiger partial charge in [0, 0.05) is 24.7 Å². The molecule has 4 rings (SSSR count). The third-order valence-electron chi connectivity index (χ3n) is 4.73. The monoisotopic (exact) mass is 397 g/mol. The summed E-state index contributed by atoms with van der Waals surface area (Å²) in [5.74, 6) is 1.85. The van der Waals surface area contributed by atoms with Crippen molar-refractivity contribution in [1.29, 1.82) is 0 Å². The number of para-hydroxylation sites is 2. The Morgan fingerprint density at radius 1 is 1.17 bits per heavy atom. The summed E-state index contributed by atoms with van der Waals surface area (Å²) in [4.78, 5) is 26.6. The van der Waals surface area contributed by atoms with E-state index in [9.17, 15) is 9.59 Å². The molecule has 2 aromatic rings. The zero-order valence-electron chi connectivity index (χ0n) is 16.1. The highest BCUT2D eigenvalue weighted by molar-refractivity contribution is 5.98. The molecule has 0 spiro atoms. The number of fused-ring (bicyclic) bond motifs is 1. The standard InChI is InChI=1S/C21H23N3O5/c1-2-27-17-6-4-3-5-16(17)23-21(26)22-14-11-20(25)24(13-14)15-7-8-18-19(12-15)29-10-9-28-18/h3-8,12,14H,2,9-11,13H2,1H3,(H2,22,23,26). The molecule has 2 N–H and O–H groups in total. The van der Waals surface area contributed by atoms with Gasteiger partial charge in [0.1, 0.15) is 19.0 Å². The fraction of sp³-hybridized carbons (Fsp3) is 0.333. The lowest BCUT2D eigenvalue weighted by Gasteiger charge is -2.22. The van der Waals surface area contributed by atoms with E-state index in [1.165, 1.54) is 0 Å². The van der Waals surface area contributed by atoms with Crippen LogP contribution in [0, 0.1) is 0 Å². The van der Waals surface area contributed by atoms with Gasteiger partial charge in [-0.2, -0.15) is 0 Å². The highest BCUT2D eigenvalue weighted by atomic mass is 16.6. The van der Waals surface area contributed by atoms with Crippen LogP contribution >= 0.6 is 0 Å². The Hall–Kier alpha value is -3.42. The number of carbonyl (C=O) groups excluding carboxylic acids is 2. The number of amides is 3. The highest BCUT2D eigenvalue weighted by Crippen LogP contribution is 2.35. The second-order valence-corrected chi connectivity index (χ2v) is 6.76. The van der Waals surface area contributed by atoms with E-state index < -0.39 is 0 Å². The molecule has 0 radical (unpaired) electrons. The molecular weight excluding hydrogens is 374 g/mol. The molecule has 2 aromatic carbocycles. The number of rotatable bonds is 5. The molecule has 1 atom stereocenters. The molecule has 2 aliphatic rings. The van der Waals surface area contributed by atoms with Gasteiger partial charge in [-0.25, -0.2) is 4.79 Å². The van der Waals surface area contributed by atoms with Gasteiger partial charge in [0.05, 0.1) is 18.3 Å². The molecule has 29 heavy (non-hydrogen) atoms. The predicted molar refractivity (Wildman–Crippen MR) is 108 cm³/mol. The summed E-state index contributed by atoms with van der Waals surface area (Å²) in [6.45, 7) is 3.77. The first-order valence-electron chi connectivity index (χ1n) is 9.63. The Labute approximate surface area is 168 Å². The number of anilines is 2. The number of benzene rings is 2. The molecular formula is C21H23N3O5. The molecule has 8 heteroatoms. The van der Waals surface area contributed by atoms with Gasteiger partial charge in [-0.15, -0.1) is 0 Å². The molecule has 2 aliphatic heterocycles. The molecule has 0 saturated carbocycles. The Kier molecular flexibility index (Phi) is 5.41. The van der Waals surface area contributed by atoms with E-state index in [0.29, 0.717) is 49.3 Å². The van der Waals surface area contributed by atoms with Gasteiger partial charge in [-0.3, -0.25) is 4.79 Å². The first-order valence-corrected chi connectivity index (χ1v) is 9.63. The molecule has 152 valence electrons. The molecule has 0 aliphatic carbocycles. The fourth-order valence-corrected chi connectivity index (χ4v) is 3.45. The topological polar surface area (TPSA) is 89.1 Å². The maximum absolute atomic E-state index is 12.5. The van der Waals surface area contributed by atoms with Crippen molar-refractivity contribution in [3.8, 4) is 17.2 Å². The van der Waals surface area contributed by atoms with E-state index in [4.69, 9.17) is 14.2 Å². The summed E-state index contributed by atoms with van der Waals surface area (Å²) in [7, 11) is 0. The average Bonchev–Trinajstić information content (AvgIpc) is 3.09. The number of ether oxygens (including phenoxy) is 3. The van der Waals surface area contributed by atoms with Gasteiger partial charge in [0.2, 0.25) is 5.91 Å². The maximum atomic E-state index is 12.5. The molecule has 3 amide bonds. The van der Waals surface area contributed by atoms with Crippen LogP contribution in [0.1, 0.15) is 13.3 Å². The Bertz CT molecular complexity index is 917. The minimum atomic E-state index is -0.376. The number of nitrogens with zero attached hydrogens (tertiary/aromatic N) is 1. The van der Waals surface area contributed by atoms with Crippen molar-refractivity contribution < 1.29 is 23.8 Å². The van der Waals surface area contributed by atoms with E-state index in [2.05, 4.69) is 10.6 Å². The van der Waals surface area contributed by atoms with Crippen molar-refractivity contribution in [2.24, 2.45) is 0 Å². The van der Waals surface area contributed by atoms with Crippen molar-refractivity contribution in [2.45, 2.75) is 19.4 Å². The van der Waals surface area contributed by atoms with Gasteiger partial charge in [-0.1, -0.05) is 12.1 Å². The summed E-state index contributed by atoms with van der Waals surface area (Å²) in [5, 5.41) is 5.66. The first-order chi connectivity index (χ1) is 14.1. The first kappa shape index (κ1) is 18.9. The van der Waals surface area contributed by atoms with E-state index in [-0.39, 0.29) is 24.4 Å². The lowest BCUT2D eigenvalue weighted by atomic mass is 10.2. The predicted octanol–water partition coefficient (Wildman–Crippen LogP) is 2.78. The van der Waals surface area contributed by atoms with Crippen LogP contribution in [0.3, 0.4) is 0 Å². The van der Waals surface area contributed by atoms with Crippen LogP contribution in [-0.4, -0.2) is 44.3 Å². The van der Waals surface area contributed by atoms with E-state index in [1.54, 1.807) is 29.2 Å². The second-order valence-electron chi connectivity index (χ2n) is 6.76. The van der Waals surface area contributed by atoms with Gasteiger partial charge in [-0.05, 0) is 31.2 Å². The van der Waals surface area contributed by atoms with Gasteiger partial charge in [0.25, 0.3) is 0 Å². The largest absolute Gasteiger partial charge is 0.492 e. The summed E-state index contributed by atoms with van der Waals surface area (Å²) < 4.78 is 16.6. The van der Waals surface area contributed by atoms with Crippen LogP contribution in [0.5, 0.6) is 17.2 Å². The summed E-state index contributed by atoms with van der Waals surface area (Å²) in [5.41, 5.74) is 1.31. The van der Waals surface area contributed by atoms with Gasteiger partial charge >= 0.3 is 6.03 Å². The fourth-order valence-electron chi connectivity index (χ4n) is 3.45. The number of hydrogen-bond acceptors (Lipinski definition) is 5. The van der Waals surface area contributed by atoms with Crippen LogP contribution < -0.4 is 29.7 Å². The molecule has 1 fully saturated rings. The smallest absolute Gasteiger partial charge is 0.319 e. The number of carbonyl (C=O) groups is 2. The Morgan fingerprint density at radius 3 is 2.79 bits per heavy atom. The summed E-state index contributed by atoms with van der Waals surface area (Å²) in [6.07, 6.45) is 0.231. The van der Waals surface area contributed by atoms with Crippen LogP contribution in [0.25, 0.3) is 0 Å². The minimum Gasteiger partial charge on any atom is -0.492 e. The second kappa shape index (κ2) is 8.30. The van der Waals surface area contributed by atoms with Gasteiger partial charge in [0.15, 0.2) is 11.5 Å². The van der Waals surface area contributed by atoms with Crippen molar-refractivity contribution in [1.82, 2.24) is 5.32 Å². The third-order valence-corrected chi connectivity index (χ3v) is 4.73. The average molecular weight is 397 g/mol. The molecule has 0 bridgehead atoms. The van der Waals surface area contributed by atoms with Crippen molar-refractivity contribution >= 4 is 23.3 Å². The third kappa shape index (κ3) is 4.21. The number of urea groups is 1. The van der Waals surface area contributed by atoms with Gasteiger partial charge < -0.3 is 29.7 Å². The summed E-state index contributed by atoms with van der Waals surface area (Å²) in [6, 6.07) is 12.0. The molecule has 8 nitrogen and oxygen atoms in total. The normalized spacial score (nSPS) is 17.8. The van der Waals surface area contributed by atoms with E-state index in [1.807, 2.05) is 25.1 Å². The Balaban J connectivity index is 1.39. The SMILES string of the molecule is CCOc1ccccc1NC(=O)NC1CC(=O)N(c2ccc3c(c2)OCCO3)C1. The minimum absolute atomic E-state index is 0.0540. The van der Waals surface area contributed by atoms with Crippen LogP contribution in [0.2, 0.25) is 0 Å². The molecule has 0 aromatic heterocycles. The highest BCUT2D eigenvalue weighted by Gasteiger charge is 2.32. The van der Waals surface area contributed by atoms with Crippen molar-refractivity contribution in [3.05, 3.63) is 42.5 Å². The zero-order valence-corrected chi connectivity index (χ0v) is 16.1. The molecule has 1 unspecified atom stereocenters. The quantitative estimate of drug-likeness (QED) is 0.810. The van der Waals surface area contributed by atoms with Crippen molar-refractivity contribution in [3.63, 3.8) is 0 Å².